The van der Waals surface area contributed by atoms with Crippen LogP contribution in [0.4, 0.5) is 0 Å². The average Bonchev–Trinajstić information content (AvgIpc) is 2.76. The first-order valence-corrected chi connectivity index (χ1v) is 9.53. The van der Waals surface area contributed by atoms with E-state index >= 15 is 0 Å². The fraction of sp³-hybridized carbons (Fsp3) is 0.160. The van der Waals surface area contributed by atoms with Crippen LogP contribution in [-0.4, -0.2) is 0 Å². The van der Waals surface area contributed by atoms with E-state index in [2.05, 4.69) is 0 Å². The van der Waals surface area contributed by atoms with Crippen molar-refractivity contribution in [1.82, 2.24) is 0 Å². The van der Waals surface area contributed by atoms with Crippen molar-refractivity contribution in [2.45, 2.75) is 27.1 Å². The summed E-state index contributed by atoms with van der Waals surface area (Å²) in [7, 11) is 0. The molecule has 0 atom stereocenters. The number of hydrogen-bond acceptors (Lipinski definition) is 4. The van der Waals surface area contributed by atoms with Crippen molar-refractivity contribution < 1.29 is 13.9 Å². The van der Waals surface area contributed by atoms with Crippen molar-refractivity contribution in [2.75, 3.05) is 0 Å². The van der Waals surface area contributed by atoms with Gasteiger partial charge in [0.25, 0.3) is 0 Å². The highest BCUT2D eigenvalue weighted by molar-refractivity contribution is 5.84. The molecular formula is C25H22O4. The first-order valence-electron chi connectivity index (χ1n) is 9.53. The van der Waals surface area contributed by atoms with Crippen molar-refractivity contribution in [1.29, 1.82) is 0 Å². The smallest absolute Gasteiger partial charge is 0.339 e. The van der Waals surface area contributed by atoms with Crippen LogP contribution in [0, 0.1) is 13.8 Å². The molecule has 29 heavy (non-hydrogen) atoms. The van der Waals surface area contributed by atoms with Gasteiger partial charge in [-0.1, -0.05) is 60.7 Å². The molecule has 146 valence electrons. The molecule has 0 aliphatic heterocycles. The maximum absolute atomic E-state index is 12.1. The predicted molar refractivity (Wildman–Crippen MR) is 114 cm³/mol. The summed E-state index contributed by atoms with van der Waals surface area (Å²) in [5, 5.41) is 0.845. The summed E-state index contributed by atoms with van der Waals surface area (Å²) < 4.78 is 17.6. The lowest BCUT2D eigenvalue weighted by Crippen LogP contribution is -2.06. The number of rotatable bonds is 6. The Kier molecular flexibility index (Phi) is 5.34. The first-order chi connectivity index (χ1) is 14.1. The third-order valence-electron chi connectivity index (χ3n) is 5.00. The molecule has 0 unspecified atom stereocenters. The maximum atomic E-state index is 12.1. The van der Waals surface area contributed by atoms with E-state index in [4.69, 9.17) is 13.9 Å². The summed E-state index contributed by atoms with van der Waals surface area (Å²) in [5.41, 5.74) is 3.76. The van der Waals surface area contributed by atoms with E-state index in [-0.39, 0.29) is 5.63 Å². The number of ether oxygens (including phenoxy) is 2. The monoisotopic (exact) mass is 386 g/mol. The SMILES string of the molecule is Cc1c(C)c2cc(OCc3ccccc3)c(OCc3ccccc3)cc2oc1=O. The molecule has 1 heterocycles. The largest absolute Gasteiger partial charge is 0.485 e. The highest BCUT2D eigenvalue weighted by atomic mass is 16.5. The normalized spacial score (nSPS) is 10.8. The van der Waals surface area contributed by atoms with Gasteiger partial charge in [0.1, 0.15) is 18.8 Å². The molecular weight excluding hydrogens is 364 g/mol. The number of aryl methyl sites for hydroxylation is 1. The Hall–Kier alpha value is -3.53. The van der Waals surface area contributed by atoms with E-state index in [0.29, 0.717) is 35.9 Å². The second kappa shape index (κ2) is 8.23. The van der Waals surface area contributed by atoms with E-state index in [0.717, 1.165) is 22.1 Å². The molecule has 0 bridgehead atoms. The summed E-state index contributed by atoms with van der Waals surface area (Å²) in [6.07, 6.45) is 0. The Morgan fingerprint density at radius 2 is 1.24 bits per heavy atom. The highest BCUT2D eigenvalue weighted by Crippen LogP contribution is 2.35. The zero-order valence-electron chi connectivity index (χ0n) is 16.5. The molecule has 0 amide bonds. The molecule has 0 fully saturated rings. The highest BCUT2D eigenvalue weighted by Gasteiger charge is 2.14. The van der Waals surface area contributed by atoms with Gasteiger partial charge < -0.3 is 13.9 Å². The Bertz CT molecular complexity index is 1180. The van der Waals surface area contributed by atoms with Gasteiger partial charge in [0.05, 0.1) is 0 Å². The number of fused-ring (bicyclic) bond motifs is 1. The molecule has 0 saturated heterocycles. The van der Waals surface area contributed by atoms with Crippen LogP contribution in [0.5, 0.6) is 11.5 Å². The topological polar surface area (TPSA) is 48.7 Å². The molecule has 0 spiro atoms. The minimum absolute atomic E-state index is 0.332. The van der Waals surface area contributed by atoms with Crippen LogP contribution in [-0.2, 0) is 13.2 Å². The molecule has 0 aliphatic rings. The van der Waals surface area contributed by atoms with E-state index in [1.165, 1.54) is 0 Å². The molecule has 4 rings (SSSR count). The molecule has 0 N–H and O–H groups in total. The Morgan fingerprint density at radius 3 is 1.79 bits per heavy atom. The lowest BCUT2D eigenvalue weighted by atomic mass is 10.1. The molecule has 4 nitrogen and oxygen atoms in total. The van der Waals surface area contributed by atoms with Gasteiger partial charge in [-0.3, -0.25) is 0 Å². The van der Waals surface area contributed by atoms with Crippen LogP contribution >= 0.6 is 0 Å². The lowest BCUT2D eigenvalue weighted by molar-refractivity contribution is 0.256. The Balaban J connectivity index is 1.71. The van der Waals surface area contributed by atoms with Crippen molar-refractivity contribution >= 4 is 11.0 Å². The summed E-state index contributed by atoms with van der Waals surface area (Å²) >= 11 is 0. The van der Waals surface area contributed by atoms with E-state index in [9.17, 15) is 4.79 Å². The average molecular weight is 386 g/mol. The molecule has 1 aromatic heterocycles. The predicted octanol–water partition coefficient (Wildman–Crippen LogP) is 5.57. The van der Waals surface area contributed by atoms with Crippen LogP contribution in [0.1, 0.15) is 22.3 Å². The van der Waals surface area contributed by atoms with Crippen LogP contribution < -0.4 is 15.1 Å². The second-order valence-corrected chi connectivity index (χ2v) is 6.98. The van der Waals surface area contributed by atoms with E-state index < -0.39 is 0 Å². The molecule has 0 saturated carbocycles. The van der Waals surface area contributed by atoms with Gasteiger partial charge in [0, 0.05) is 17.0 Å². The quantitative estimate of drug-likeness (QED) is 0.407. The lowest BCUT2D eigenvalue weighted by Gasteiger charge is -2.15. The summed E-state index contributed by atoms with van der Waals surface area (Å²) in [6, 6.07) is 23.5. The Morgan fingerprint density at radius 1 is 0.724 bits per heavy atom. The molecule has 0 radical (unpaired) electrons. The molecule has 0 aliphatic carbocycles. The van der Waals surface area contributed by atoms with Gasteiger partial charge in [-0.15, -0.1) is 0 Å². The molecule has 4 aromatic rings. The van der Waals surface area contributed by atoms with Crippen molar-refractivity contribution in [3.8, 4) is 11.5 Å². The zero-order chi connectivity index (χ0) is 20.2. The van der Waals surface area contributed by atoms with Gasteiger partial charge in [-0.2, -0.15) is 0 Å². The van der Waals surface area contributed by atoms with Gasteiger partial charge in [-0.25, -0.2) is 4.79 Å². The third kappa shape index (κ3) is 4.16. The van der Waals surface area contributed by atoms with Crippen LogP contribution in [0.15, 0.2) is 82.0 Å². The third-order valence-corrected chi connectivity index (χ3v) is 5.00. The fourth-order valence-electron chi connectivity index (χ4n) is 3.15. The van der Waals surface area contributed by atoms with Crippen LogP contribution in [0.25, 0.3) is 11.0 Å². The van der Waals surface area contributed by atoms with Crippen molar-refractivity contribution in [2.24, 2.45) is 0 Å². The van der Waals surface area contributed by atoms with Gasteiger partial charge in [0.15, 0.2) is 11.5 Å². The summed E-state index contributed by atoms with van der Waals surface area (Å²) in [4.78, 5) is 12.1. The van der Waals surface area contributed by atoms with E-state index in [1.807, 2.05) is 73.7 Å². The van der Waals surface area contributed by atoms with Gasteiger partial charge in [0.2, 0.25) is 0 Å². The summed E-state index contributed by atoms with van der Waals surface area (Å²) in [5.74, 6) is 1.16. The van der Waals surface area contributed by atoms with Gasteiger partial charge in [-0.05, 0) is 36.6 Å². The minimum atomic E-state index is -0.332. The molecule has 4 heteroatoms. The minimum Gasteiger partial charge on any atom is -0.485 e. The standard InChI is InChI=1S/C25H22O4/c1-17-18(2)25(26)29-22-14-24(28-16-20-11-7-4-8-12-20)23(13-21(17)22)27-15-19-9-5-3-6-10-19/h3-14H,15-16H2,1-2H3. The van der Waals surface area contributed by atoms with Gasteiger partial charge >= 0.3 is 5.63 Å². The van der Waals surface area contributed by atoms with Crippen molar-refractivity contribution in [3.05, 3.63) is 105 Å². The Labute approximate surface area is 169 Å². The second-order valence-electron chi connectivity index (χ2n) is 6.98. The van der Waals surface area contributed by atoms with Crippen LogP contribution in [0.2, 0.25) is 0 Å². The maximum Gasteiger partial charge on any atom is 0.339 e. The molecule has 3 aromatic carbocycles. The van der Waals surface area contributed by atoms with E-state index in [1.54, 1.807) is 13.0 Å². The zero-order valence-corrected chi connectivity index (χ0v) is 16.5. The van der Waals surface area contributed by atoms with Crippen molar-refractivity contribution in [3.63, 3.8) is 0 Å². The summed E-state index contributed by atoms with van der Waals surface area (Å²) in [6.45, 7) is 4.50. The fourth-order valence-corrected chi connectivity index (χ4v) is 3.15. The first kappa shape index (κ1) is 18.8. The number of hydrogen-bond donors (Lipinski definition) is 0. The number of benzene rings is 3. The van der Waals surface area contributed by atoms with Crippen LogP contribution in [0.3, 0.4) is 0 Å².